The molecule has 0 aliphatic carbocycles. The first kappa shape index (κ1) is 16.5. The first-order valence-corrected chi connectivity index (χ1v) is 9.44. The molecule has 4 nitrogen and oxygen atoms in total. The van der Waals surface area contributed by atoms with E-state index < -0.39 is 0 Å². The van der Waals surface area contributed by atoms with Crippen LogP contribution in [0.25, 0.3) is 21.3 Å². The molecule has 0 amide bonds. The number of nitrogens with zero attached hydrogens (tertiary/aromatic N) is 2. The molecule has 0 unspecified atom stereocenters. The molecule has 0 saturated heterocycles. The molecule has 0 spiro atoms. The lowest BCUT2D eigenvalue weighted by Gasteiger charge is -2.11. The van der Waals surface area contributed by atoms with Gasteiger partial charge in [0.2, 0.25) is 0 Å². The van der Waals surface area contributed by atoms with Gasteiger partial charge in [-0.25, -0.2) is 9.97 Å². The van der Waals surface area contributed by atoms with E-state index in [2.05, 4.69) is 51.9 Å². The Morgan fingerprint density at radius 1 is 1.04 bits per heavy atom. The molecule has 0 aliphatic rings. The highest BCUT2D eigenvalue weighted by atomic mass is 32.1. The van der Waals surface area contributed by atoms with Crippen LogP contribution in [0.15, 0.2) is 53.9 Å². The monoisotopic (exact) mass is 361 g/mol. The second-order valence-electron chi connectivity index (χ2n) is 6.14. The summed E-state index contributed by atoms with van der Waals surface area (Å²) in [5, 5.41) is 16.5. The van der Waals surface area contributed by atoms with Gasteiger partial charge >= 0.3 is 0 Å². The van der Waals surface area contributed by atoms with Crippen LogP contribution in [0.1, 0.15) is 18.3 Å². The van der Waals surface area contributed by atoms with E-state index in [1.165, 1.54) is 5.56 Å². The Morgan fingerprint density at radius 3 is 2.54 bits per heavy atom. The second kappa shape index (κ2) is 6.77. The molecule has 26 heavy (non-hydrogen) atoms. The summed E-state index contributed by atoms with van der Waals surface area (Å²) in [6, 6.07) is 15.8. The van der Waals surface area contributed by atoms with Gasteiger partial charge in [-0.15, -0.1) is 11.3 Å². The second-order valence-corrected chi connectivity index (χ2v) is 7.00. The van der Waals surface area contributed by atoms with Gasteiger partial charge in [0.25, 0.3) is 0 Å². The molecule has 4 aromatic rings. The molecule has 2 N–H and O–H groups in total. The van der Waals surface area contributed by atoms with E-state index in [1.807, 2.05) is 19.1 Å². The maximum absolute atomic E-state index is 10.1. The van der Waals surface area contributed by atoms with E-state index in [-0.39, 0.29) is 5.75 Å². The van der Waals surface area contributed by atoms with Crippen molar-refractivity contribution in [1.82, 2.24) is 9.97 Å². The maximum atomic E-state index is 10.1. The lowest BCUT2D eigenvalue weighted by molar-refractivity contribution is 0.477. The van der Waals surface area contributed by atoms with Crippen LogP contribution in [-0.2, 0) is 6.42 Å². The number of thiophene rings is 1. The Labute approximate surface area is 156 Å². The van der Waals surface area contributed by atoms with Crippen molar-refractivity contribution in [3.63, 3.8) is 0 Å². The molecule has 5 heteroatoms. The number of para-hydroxylation sites is 2. The Morgan fingerprint density at radius 2 is 1.81 bits per heavy atom. The van der Waals surface area contributed by atoms with E-state index in [0.29, 0.717) is 17.3 Å². The molecule has 0 radical (unpaired) electrons. The minimum absolute atomic E-state index is 0.195. The van der Waals surface area contributed by atoms with Gasteiger partial charge in [-0.1, -0.05) is 43.3 Å². The van der Waals surface area contributed by atoms with Crippen molar-refractivity contribution >= 4 is 33.1 Å². The Hall–Kier alpha value is -2.92. The topological polar surface area (TPSA) is 58.0 Å². The van der Waals surface area contributed by atoms with Gasteiger partial charge in [-0.05, 0) is 36.6 Å². The maximum Gasteiger partial charge on any atom is 0.143 e. The minimum Gasteiger partial charge on any atom is -0.506 e. The first-order valence-electron chi connectivity index (χ1n) is 8.56. The molecular formula is C21H19N3OS. The summed E-state index contributed by atoms with van der Waals surface area (Å²) < 4.78 is 0. The third-order valence-corrected chi connectivity index (χ3v) is 5.25. The lowest BCUT2D eigenvalue weighted by Crippen LogP contribution is -1.98. The number of anilines is 2. The number of phenols is 1. The molecular weight excluding hydrogens is 342 g/mol. The number of hydrogen-bond acceptors (Lipinski definition) is 5. The molecule has 2 heterocycles. The third kappa shape index (κ3) is 3.02. The molecule has 4 rings (SSSR count). The van der Waals surface area contributed by atoms with E-state index in [4.69, 9.17) is 0 Å². The van der Waals surface area contributed by atoms with Crippen LogP contribution in [0.4, 0.5) is 11.5 Å². The number of hydrogen-bond donors (Lipinski definition) is 2. The summed E-state index contributed by atoms with van der Waals surface area (Å²) in [4.78, 5) is 10.1. The highest BCUT2D eigenvalue weighted by molar-refractivity contribution is 7.17. The van der Waals surface area contributed by atoms with Crippen LogP contribution in [0, 0.1) is 6.92 Å². The van der Waals surface area contributed by atoms with Gasteiger partial charge in [0.15, 0.2) is 0 Å². The Bertz CT molecular complexity index is 1070. The summed E-state index contributed by atoms with van der Waals surface area (Å²) in [7, 11) is 0. The third-order valence-electron chi connectivity index (χ3n) is 4.38. The standard InChI is InChI=1S/C21H19N3OS/c1-3-14-8-10-15(11-9-14)16-12-26-21-19(16)20(22-13(2)23-21)24-17-6-4-5-7-18(17)25/h4-12,25H,3H2,1-2H3,(H,22,23,24). The minimum atomic E-state index is 0.195. The van der Waals surface area contributed by atoms with Gasteiger partial charge in [0.1, 0.15) is 22.2 Å². The van der Waals surface area contributed by atoms with Crippen LogP contribution in [0.2, 0.25) is 0 Å². The fraction of sp³-hybridized carbons (Fsp3) is 0.143. The molecule has 0 fully saturated rings. The predicted octanol–water partition coefficient (Wildman–Crippen LogP) is 5.68. The predicted molar refractivity (Wildman–Crippen MR) is 108 cm³/mol. The number of aromatic nitrogens is 2. The summed E-state index contributed by atoms with van der Waals surface area (Å²) in [6.07, 6.45) is 1.02. The number of nitrogens with one attached hydrogen (secondary N) is 1. The van der Waals surface area contributed by atoms with E-state index in [0.717, 1.165) is 27.8 Å². The summed E-state index contributed by atoms with van der Waals surface area (Å²) >= 11 is 1.61. The van der Waals surface area contributed by atoms with Crippen LogP contribution in [0.3, 0.4) is 0 Å². The number of aryl methyl sites for hydroxylation is 2. The SMILES string of the molecule is CCc1ccc(-c2csc3nc(C)nc(Nc4ccccc4O)c23)cc1. The van der Waals surface area contributed by atoms with E-state index in [1.54, 1.807) is 23.5 Å². The highest BCUT2D eigenvalue weighted by Gasteiger charge is 2.15. The molecule has 2 aromatic carbocycles. The fourth-order valence-electron chi connectivity index (χ4n) is 2.98. The summed E-state index contributed by atoms with van der Waals surface area (Å²) in [5.41, 5.74) is 4.19. The van der Waals surface area contributed by atoms with E-state index in [9.17, 15) is 5.11 Å². The number of fused-ring (bicyclic) bond motifs is 1. The summed E-state index contributed by atoms with van der Waals surface area (Å²) in [6.45, 7) is 4.03. The molecule has 2 aromatic heterocycles. The fourth-order valence-corrected chi connectivity index (χ4v) is 3.97. The molecule has 130 valence electrons. The van der Waals surface area contributed by atoms with Gasteiger partial charge in [-0.2, -0.15) is 0 Å². The Balaban J connectivity index is 1.86. The molecule has 0 saturated carbocycles. The zero-order valence-corrected chi connectivity index (χ0v) is 15.5. The van der Waals surface area contributed by atoms with Crippen molar-refractivity contribution in [1.29, 1.82) is 0 Å². The van der Waals surface area contributed by atoms with Crippen molar-refractivity contribution in [3.8, 4) is 16.9 Å². The van der Waals surface area contributed by atoms with Crippen LogP contribution in [0.5, 0.6) is 5.75 Å². The van der Waals surface area contributed by atoms with Crippen LogP contribution in [-0.4, -0.2) is 15.1 Å². The normalized spacial score (nSPS) is 11.0. The zero-order valence-electron chi connectivity index (χ0n) is 14.7. The van der Waals surface area contributed by atoms with Crippen molar-refractivity contribution in [2.45, 2.75) is 20.3 Å². The molecule has 0 bridgehead atoms. The lowest BCUT2D eigenvalue weighted by atomic mass is 10.0. The van der Waals surface area contributed by atoms with Gasteiger partial charge in [0.05, 0.1) is 11.1 Å². The average Bonchev–Trinajstić information content (AvgIpc) is 3.07. The smallest absolute Gasteiger partial charge is 0.143 e. The van der Waals surface area contributed by atoms with Crippen molar-refractivity contribution in [2.75, 3.05) is 5.32 Å². The van der Waals surface area contributed by atoms with Crippen LogP contribution >= 0.6 is 11.3 Å². The van der Waals surface area contributed by atoms with Crippen LogP contribution < -0.4 is 5.32 Å². The zero-order chi connectivity index (χ0) is 18.1. The van der Waals surface area contributed by atoms with Gasteiger partial charge < -0.3 is 10.4 Å². The molecule has 0 atom stereocenters. The van der Waals surface area contributed by atoms with Crippen molar-refractivity contribution in [3.05, 3.63) is 65.3 Å². The highest BCUT2D eigenvalue weighted by Crippen LogP contribution is 2.38. The van der Waals surface area contributed by atoms with Gasteiger partial charge in [0, 0.05) is 10.9 Å². The largest absolute Gasteiger partial charge is 0.506 e. The van der Waals surface area contributed by atoms with Crippen molar-refractivity contribution in [2.24, 2.45) is 0 Å². The van der Waals surface area contributed by atoms with Crippen molar-refractivity contribution < 1.29 is 5.11 Å². The number of benzene rings is 2. The van der Waals surface area contributed by atoms with Gasteiger partial charge in [-0.3, -0.25) is 0 Å². The first-order chi connectivity index (χ1) is 12.7. The molecule has 0 aliphatic heterocycles. The summed E-state index contributed by atoms with van der Waals surface area (Å²) in [5.74, 6) is 1.61. The number of phenolic OH excluding ortho intramolecular Hbond substituents is 1. The number of aromatic hydroxyl groups is 1. The van der Waals surface area contributed by atoms with E-state index >= 15 is 0 Å². The average molecular weight is 361 g/mol. The quantitative estimate of drug-likeness (QED) is 0.459. The number of rotatable bonds is 4. The Kier molecular flexibility index (Phi) is 4.31.